The molecular weight excluding hydrogens is 264 g/mol. The van der Waals surface area contributed by atoms with E-state index in [0.29, 0.717) is 19.0 Å². The van der Waals surface area contributed by atoms with Crippen molar-refractivity contribution in [2.75, 3.05) is 19.7 Å². The van der Waals surface area contributed by atoms with E-state index in [1.165, 1.54) is 4.31 Å². The van der Waals surface area contributed by atoms with Crippen LogP contribution in [0.5, 0.6) is 0 Å². The van der Waals surface area contributed by atoms with Crippen molar-refractivity contribution in [1.82, 2.24) is 8.61 Å². The Morgan fingerprint density at radius 2 is 1.84 bits per heavy atom. The summed E-state index contributed by atoms with van der Waals surface area (Å²) in [6.45, 7) is 5.26. The summed E-state index contributed by atoms with van der Waals surface area (Å²) in [5.74, 6) is 0.594. The highest BCUT2D eigenvalue weighted by Crippen LogP contribution is 2.29. The Hall–Kier alpha value is -0.170. The fourth-order valence-corrected chi connectivity index (χ4v) is 5.38. The molecule has 0 saturated carbocycles. The molecule has 3 unspecified atom stereocenters. The second kappa shape index (κ2) is 6.08. The molecule has 2 aliphatic heterocycles. The molecule has 0 aromatic heterocycles. The van der Waals surface area contributed by atoms with Crippen LogP contribution in [0.4, 0.5) is 0 Å². The first-order chi connectivity index (χ1) is 8.96. The van der Waals surface area contributed by atoms with Crippen LogP contribution in [0, 0.1) is 5.92 Å². The van der Waals surface area contributed by atoms with Crippen molar-refractivity contribution in [3.63, 3.8) is 0 Å². The van der Waals surface area contributed by atoms with Crippen molar-refractivity contribution in [3.05, 3.63) is 0 Å². The van der Waals surface area contributed by atoms with E-state index in [2.05, 4.69) is 6.92 Å². The lowest BCUT2D eigenvalue weighted by molar-refractivity contribution is 0.136. The number of hydrogen-bond donors (Lipinski definition) is 1. The number of nitrogens with zero attached hydrogens (tertiary/aromatic N) is 2. The zero-order valence-corrected chi connectivity index (χ0v) is 12.8. The normalized spacial score (nSPS) is 35.4. The average molecular weight is 290 g/mol. The van der Waals surface area contributed by atoms with E-state index < -0.39 is 10.2 Å². The predicted molar refractivity (Wildman–Crippen MR) is 74.9 cm³/mol. The minimum absolute atomic E-state index is 0.0648. The first kappa shape index (κ1) is 15.2. The van der Waals surface area contributed by atoms with Gasteiger partial charge in [0.1, 0.15) is 0 Å². The van der Waals surface area contributed by atoms with Crippen LogP contribution >= 0.6 is 0 Å². The molecule has 0 bridgehead atoms. The van der Waals surface area contributed by atoms with Gasteiger partial charge in [-0.25, -0.2) is 0 Å². The molecule has 2 heterocycles. The van der Waals surface area contributed by atoms with Gasteiger partial charge in [-0.3, -0.25) is 0 Å². The fraction of sp³-hybridized carbons (Fsp3) is 1.00. The van der Waals surface area contributed by atoms with E-state index >= 15 is 0 Å². The van der Waals surface area contributed by atoms with Gasteiger partial charge in [-0.2, -0.15) is 17.0 Å². The molecule has 0 aromatic carbocycles. The maximum atomic E-state index is 12.8. The van der Waals surface area contributed by atoms with Crippen LogP contribution in [0.1, 0.15) is 46.0 Å². The van der Waals surface area contributed by atoms with Gasteiger partial charge in [-0.15, -0.1) is 0 Å². The summed E-state index contributed by atoms with van der Waals surface area (Å²) < 4.78 is 28.7. The van der Waals surface area contributed by atoms with E-state index in [9.17, 15) is 13.5 Å². The summed E-state index contributed by atoms with van der Waals surface area (Å²) in [6.07, 6.45) is 4.53. The van der Waals surface area contributed by atoms with Gasteiger partial charge in [0.05, 0.1) is 6.61 Å². The molecule has 2 rings (SSSR count). The summed E-state index contributed by atoms with van der Waals surface area (Å²) in [4.78, 5) is 0. The van der Waals surface area contributed by atoms with Gasteiger partial charge in [0.25, 0.3) is 10.2 Å². The zero-order valence-electron chi connectivity index (χ0n) is 12.0. The summed E-state index contributed by atoms with van der Waals surface area (Å²) in [6, 6.07) is -0.166. The topological polar surface area (TPSA) is 60.9 Å². The highest BCUT2D eigenvalue weighted by molar-refractivity contribution is 7.86. The number of aliphatic hydroxyl groups is 1. The first-order valence-electron chi connectivity index (χ1n) is 7.36. The lowest BCUT2D eigenvalue weighted by Gasteiger charge is -2.42. The monoisotopic (exact) mass is 290 g/mol. The maximum Gasteiger partial charge on any atom is 0.282 e. The Balaban J connectivity index is 2.16. The minimum Gasteiger partial charge on any atom is -0.395 e. The van der Waals surface area contributed by atoms with Gasteiger partial charge in [0.2, 0.25) is 0 Å². The van der Waals surface area contributed by atoms with Crippen LogP contribution < -0.4 is 0 Å². The van der Waals surface area contributed by atoms with E-state index in [-0.39, 0.29) is 18.7 Å². The highest BCUT2D eigenvalue weighted by Gasteiger charge is 2.39. The maximum absolute atomic E-state index is 12.8. The predicted octanol–water partition coefficient (Wildman–Crippen LogP) is 1.20. The van der Waals surface area contributed by atoms with Crippen LogP contribution in [0.15, 0.2) is 0 Å². The second-order valence-electron chi connectivity index (χ2n) is 6.04. The molecule has 0 aliphatic carbocycles. The molecule has 2 fully saturated rings. The Morgan fingerprint density at radius 3 is 2.47 bits per heavy atom. The van der Waals surface area contributed by atoms with E-state index in [1.807, 2.05) is 6.92 Å². The van der Waals surface area contributed by atoms with Crippen LogP contribution in [0.25, 0.3) is 0 Å². The van der Waals surface area contributed by atoms with Crippen LogP contribution in [0.3, 0.4) is 0 Å². The molecule has 1 N–H and O–H groups in total. The SMILES string of the molecule is CC1CCN(S(=O)(=O)N2CCCCC2CO)C(C)C1. The van der Waals surface area contributed by atoms with Crippen LogP contribution in [-0.2, 0) is 10.2 Å². The largest absolute Gasteiger partial charge is 0.395 e. The van der Waals surface area contributed by atoms with E-state index in [0.717, 1.165) is 32.1 Å². The van der Waals surface area contributed by atoms with Crippen molar-refractivity contribution in [2.45, 2.75) is 58.0 Å². The third-order valence-electron chi connectivity index (χ3n) is 4.45. The number of piperidine rings is 2. The summed E-state index contributed by atoms with van der Waals surface area (Å²) >= 11 is 0. The minimum atomic E-state index is -3.41. The Labute approximate surface area is 116 Å². The molecular formula is C13H26N2O3S. The average Bonchev–Trinajstić information content (AvgIpc) is 2.38. The lowest BCUT2D eigenvalue weighted by Crippen LogP contribution is -2.55. The molecule has 112 valence electrons. The van der Waals surface area contributed by atoms with Crippen molar-refractivity contribution >= 4 is 10.2 Å². The number of rotatable bonds is 3. The molecule has 5 nitrogen and oxygen atoms in total. The standard InChI is InChI=1S/C13H26N2O3S/c1-11-6-8-14(12(2)9-11)19(17,18)15-7-4-3-5-13(15)10-16/h11-13,16H,3-10H2,1-2H3. The quantitative estimate of drug-likeness (QED) is 0.849. The molecule has 0 spiro atoms. The molecule has 19 heavy (non-hydrogen) atoms. The molecule has 2 aliphatic rings. The third-order valence-corrected chi connectivity index (χ3v) is 6.66. The number of hydrogen-bond acceptors (Lipinski definition) is 3. The Bertz CT molecular complexity index is 399. The van der Waals surface area contributed by atoms with Crippen LogP contribution in [0.2, 0.25) is 0 Å². The molecule has 0 aromatic rings. The summed E-state index contributed by atoms with van der Waals surface area (Å²) in [7, 11) is -3.41. The van der Waals surface area contributed by atoms with Gasteiger partial charge >= 0.3 is 0 Å². The van der Waals surface area contributed by atoms with Crippen molar-refractivity contribution in [3.8, 4) is 0 Å². The molecule has 0 radical (unpaired) electrons. The molecule has 0 amide bonds. The van der Waals surface area contributed by atoms with Crippen molar-refractivity contribution < 1.29 is 13.5 Å². The highest BCUT2D eigenvalue weighted by atomic mass is 32.2. The first-order valence-corrected chi connectivity index (χ1v) is 8.76. The van der Waals surface area contributed by atoms with Crippen LogP contribution in [-0.4, -0.2) is 53.9 Å². The van der Waals surface area contributed by atoms with Gasteiger partial charge < -0.3 is 5.11 Å². The summed E-state index contributed by atoms with van der Waals surface area (Å²) in [5.41, 5.74) is 0. The van der Waals surface area contributed by atoms with Crippen molar-refractivity contribution in [1.29, 1.82) is 0 Å². The van der Waals surface area contributed by atoms with E-state index in [1.54, 1.807) is 4.31 Å². The van der Waals surface area contributed by atoms with Crippen molar-refractivity contribution in [2.24, 2.45) is 5.92 Å². The Kier molecular flexibility index (Phi) is 4.87. The number of aliphatic hydroxyl groups excluding tert-OH is 1. The Morgan fingerprint density at radius 1 is 1.11 bits per heavy atom. The molecule has 6 heteroatoms. The van der Waals surface area contributed by atoms with E-state index in [4.69, 9.17) is 0 Å². The van der Waals surface area contributed by atoms with Gasteiger partial charge in [0, 0.05) is 25.2 Å². The molecule has 3 atom stereocenters. The second-order valence-corrected chi connectivity index (χ2v) is 7.87. The smallest absolute Gasteiger partial charge is 0.282 e. The van der Waals surface area contributed by atoms with Gasteiger partial charge in [0.15, 0.2) is 0 Å². The summed E-state index contributed by atoms with van der Waals surface area (Å²) in [5, 5.41) is 9.41. The van der Waals surface area contributed by atoms with Gasteiger partial charge in [-0.1, -0.05) is 13.3 Å². The third kappa shape index (κ3) is 3.12. The molecule has 2 saturated heterocycles. The lowest BCUT2D eigenvalue weighted by atomic mass is 9.95. The van der Waals surface area contributed by atoms with Gasteiger partial charge in [-0.05, 0) is 38.5 Å². The zero-order chi connectivity index (χ0) is 14.0. The fourth-order valence-electron chi connectivity index (χ4n) is 3.32.